The van der Waals surface area contributed by atoms with Gasteiger partial charge in [-0.05, 0) is 12.8 Å². The quantitative estimate of drug-likeness (QED) is 0.646. The number of nitrogens with one attached hydrogen (secondary N) is 1. The molecule has 0 spiro atoms. The molecule has 70 valence electrons. The van der Waals surface area contributed by atoms with Crippen LogP contribution < -0.4 is 4.72 Å². The van der Waals surface area contributed by atoms with Gasteiger partial charge in [0, 0.05) is 7.11 Å². The smallest absolute Gasteiger partial charge is 0.418 e. The van der Waals surface area contributed by atoms with Crippen molar-refractivity contribution in [3.8, 4) is 0 Å². The van der Waals surface area contributed by atoms with E-state index in [-0.39, 0.29) is 0 Å². The number of hydrogen-bond donors (Lipinski definition) is 2. The highest BCUT2D eigenvalue weighted by Gasteiger charge is 2.56. The normalized spacial score (nSPS) is 20.1. The van der Waals surface area contributed by atoms with E-state index in [9.17, 15) is 13.2 Å². The molecule has 0 atom stereocenters. The van der Waals surface area contributed by atoms with Crippen LogP contribution in [0.4, 0.5) is 4.79 Å². The second kappa shape index (κ2) is 2.60. The zero-order valence-electron chi connectivity index (χ0n) is 6.40. The van der Waals surface area contributed by atoms with Crippen molar-refractivity contribution in [3.63, 3.8) is 0 Å². The first-order chi connectivity index (χ1) is 5.43. The lowest BCUT2D eigenvalue weighted by molar-refractivity contribution is 0.143. The van der Waals surface area contributed by atoms with Crippen LogP contribution in [0, 0.1) is 0 Å². The predicted molar refractivity (Wildman–Crippen MR) is 39.1 cm³/mol. The molecule has 2 N–H and O–H groups in total. The molecule has 1 fully saturated rings. The van der Waals surface area contributed by atoms with Crippen LogP contribution in [0.15, 0.2) is 0 Å². The molecule has 0 heterocycles. The molecule has 0 aromatic heterocycles. The van der Waals surface area contributed by atoms with E-state index in [2.05, 4.69) is 0 Å². The Morgan fingerprint density at radius 2 is 2.08 bits per heavy atom. The highest BCUT2D eigenvalue weighted by atomic mass is 32.2. The van der Waals surface area contributed by atoms with Crippen molar-refractivity contribution in [2.45, 2.75) is 17.8 Å². The van der Waals surface area contributed by atoms with E-state index in [0.717, 1.165) is 0 Å². The number of rotatable bonds is 3. The monoisotopic (exact) mass is 195 g/mol. The molecular weight excluding hydrogens is 186 g/mol. The maximum Gasteiger partial charge on any atom is 0.418 e. The van der Waals surface area contributed by atoms with E-state index in [0.29, 0.717) is 12.8 Å². The average molecular weight is 195 g/mol. The fourth-order valence-electron chi connectivity index (χ4n) is 0.893. The van der Waals surface area contributed by atoms with Crippen LogP contribution in [0.1, 0.15) is 12.8 Å². The molecular formula is C5H9NO5S. The van der Waals surface area contributed by atoms with E-state index >= 15 is 0 Å². The molecule has 1 saturated carbocycles. The summed E-state index contributed by atoms with van der Waals surface area (Å²) in [5, 5.41) is 8.19. The highest BCUT2D eigenvalue weighted by Crippen LogP contribution is 2.43. The largest absolute Gasteiger partial charge is 0.464 e. The van der Waals surface area contributed by atoms with Gasteiger partial charge < -0.3 is 9.84 Å². The third-order valence-corrected chi connectivity index (χ3v) is 3.74. The summed E-state index contributed by atoms with van der Waals surface area (Å²) < 4.78 is 28.4. The van der Waals surface area contributed by atoms with Crippen LogP contribution >= 0.6 is 0 Å². The van der Waals surface area contributed by atoms with Crippen molar-refractivity contribution >= 4 is 16.1 Å². The van der Waals surface area contributed by atoms with Crippen molar-refractivity contribution in [2.75, 3.05) is 7.11 Å². The Hall–Kier alpha value is -0.820. The standard InChI is InChI=1S/C5H9NO5S/c1-11-5(2-3-5)12(9,10)6-4(7)8/h6H,2-3H2,1H3,(H,7,8). The molecule has 0 radical (unpaired) electrons. The van der Waals surface area contributed by atoms with Crippen LogP contribution in [0.25, 0.3) is 0 Å². The maximum absolute atomic E-state index is 11.1. The molecule has 0 saturated heterocycles. The number of carbonyl (C=O) groups is 1. The minimum atomic E-state index is -3.87. The molecule has 0 aromatic carbocycles. The minimum Gasteiger partial charge on any atom is -0.464 e. The van der Waals surface area contributed by atoms with E-state index in [1.165, 1.54) is 11.8 Å². The molecule has 1 aliphatic carbocycles. The van der Waals surface area contributed by atoms with E-state index < -0.39 is 21.0 Å². The zero-order chi connectivity index (χ0) is 9.41. The summed E-state index contributed by atoms with van der Waals surface area (Å²) in [6, 6.07) is 0. The van der Waals surface area contributed by atoms with Gasteiger partial charge in [0.15, 0.2) is 4.93 Å². The number of hydrogen-bond acceptors (Lipinski definition) is 4. The Labute approximate surface area is 69.6 Å². The second-order valence-electron chi connectivity index (χ2n) is 2.53. The summed E-state index contributed by atoms with van der Waals surface area (Å²) in [5.41, 5.74) is 0. The van der Waals surface area contributed by atoms with E-state index in [1.807, 2.05) is 0 Å². The third kappa shape index (κ3) is 1.37. The molecule has 6 nitrogen and oxygen atoms in total. The molecule has 0 aromatic rings. The van der Waals surface area contributed by atoms with Crippen molar-refractivity contribution in [3.05, 3.63) is 0 Å². The lowest BCUT2D eigenvalue weighted by Crippen LogP contribution is -2.40. The van der Waals surface area contributed by atoms with Gasteiger partial charge in [-0.2, -0.15) is 0 Å². The summed E-state index contributed by atoms with van der Waals surface area (Å²) in [5.74, 6) is 0. The van der Waals surface area contributed by atoms with E-state index in [1.54, 1.807) is 0 Å². The summed E-state index contributed by atoms with van der Waals surface area (Å²) in [6.45, 7) is 0. The first-order valence-electron chi connectivity index (χ1n) is 3.24. The van der Waals surface area contributed by atoms with Gasteiger partial charge in [0.2, 0.25) is 0 Å². The Bertz CT molecular complexity index is 291. The molecule has 0 aliphatic heterocycles. The molecule has 1 aliphatic rings. The van der Waals surface area contributed by atoms with Crippen LogP contribution in [-0.4, -0.2) is 31.7 Å². The van der Waals surface area contributed by atoms with Gasteiger partial charge in [-0.3, -0.25) is 0 Å². The van der Waals surface area contributed by atoms with Gasteiger partial charge in [-0.15, -0.1) is 0 Å². The Kier molecular flexibility index (Phi) is 2.01. The number of amides is 1. The number of sulfonamides is 1. The zero-order valence-corrected chi connectivity index (χ0v) is 7.22. The van der Waals surface area contributed by atoms with Gasteiger partial charge >= 0.3 is 6.09 Å². The number of methoxy groups -OCH3 is 1. The van der Waals surface area contributed by atoms with Gasteiger partial charge in [-0.1, -0.05) is 0 Å². The second-order valence-corrected chi connectivity index (χ2v) is 4.48. The predicted octanol–water partition coefficient (Wildman–Crippen LogP) is -0.280. The maximum atomic E-state index is 11.1. The molecule has 1 amide bonds. The van der Waals surface area contributed by atoms with Crippen molar-refractivity contribution in [2.24, 2.45) is 0 Å². The molecule has 0 bridgehead atoms. The Balaban J connectivity index is 2.79. The minimum absolute atomic E-state index is 0.339. The summed E-state index contributed by atoms with van der Waals surface area (Å²) in [4.78, 5) is 8.76. The van der Waals surface area contributed by atoms with Crippen molar-refractivity contribution < 1.29 is 23.1 Å². The van der Waals surface area contributed by atoms with Gasteiger partial charge in [0.25, 0.3) is 10.0 Å². The fraction of sp³-hybridized carbons (Fsp3) is 0.800. The van der Waals surface area contributed by atoms with Crippen LogP contribution in [0.3, 0.4) is 0 Å². The van der Waals surface area contributed by atoms with Crippen LogP contribution in [-0.2, 0) is 14.8 Å². The van der Waals surface area contributed by atoms with Gasteiger partial charge in [-0.25, -0.2) is 17.9 Å². The Morgan fingerprint density at radius 1 is 1.58 bits per heavy atom. The van der Waals surface area contributed by atoms with Crippen molar-refractivity contribution in [1.82, 2.24) is 4.72 Å². The highest BCUT2D eigenvalue weighted by molar-refractivity contribution is 7.91. The van der Waals surface area contributed by atoms with Crippen molar-refractivity contribution in [1.29, 1.82) is 0 Å². The summed E-state index contributed by atoms with van der Waals surface area (Å²) >= 11 is 0. The molecule has 7 heteroatoms. The first-order valence-corrected chi connectivity index (χ1v) is 4.72. The Morgan fingerprint density at radius 3 is 2.33 bits per heavy atom. The number of ether oxygens (including phenoxy) is 1. The number of carboxylic acid groups (broad SMARTS) is 1. The molecule has 12 heavy (non-hydrogen) atoms. The van der Waals surface area contributed by atoms with E-state index in [4.69, 9.17) is 9.84 Å². The van der Waals surface area contributed by atoms with Gasteiger partial charge in [0.1, 0.15) is 0 Å². The topological polar surface area (TPSA) is 92.7 Å². The molecule has 0 unspecified atom stereocenters. The van der Waals surface area contributed by atoms with Crippen LogP contribution in [0.5, 0.6) is 0 Å². The summed E-state index contributed by atoms with van der Waals surface area (Å²) in [6.07, 6.45) is -0.906. The van der Waals surface area contributed by atoms with Gasteiger partial charge in [0.05, 0.1) is 0 Å². The third-order valence-electron chi connectivity index (χ3n) is 1.74. The molecule has 1 rings (SSSR count). The van der Waals surface area contributed by atoms with Crippen LogP contribution in [0.2, 0.25) is 0 Å². The first kappa shape index (κ1) is 9.27. The summed E-state index contributed by atoms with van der Waals surface area (Å²) in [7, 11) is -2.63. The average Bonchev–Trinajstić information content (AvgIpc) is 2.62. The lowest BCUT2D eigenvalue weighted by Gasteiger charge is -2.12. The fourth-order valence-corrected chi connectivity index (χ4v) is 2.17. The SMILES string of the molecule is COC1(S(=O)(=O)NC(=O)O)CC1. The lowest BCUT2D eigenvalue weighted by atomic mass is 10.8.